The first-order chi connectivity index (χ1) is 8.71. The van der Waals surface area contributed by atoms with Gasteiger partial charge in [0.15, 0.2) is 0 Å². The largest absolute Gasteiger partial charge is 0.458 e. The lowest BCUT2D eigenvalue weighted by Gasteiger charge is -2.37. The Morgan fingerprint density at radius 1 is 1.26 bits per heavy atom. The molecule has 0 N–H and O–H groups in total. The molecular weight excluding hydrogens is 287 g/mol. The zero-order valence-electron chi connectivity index (χ0n) is 12.0. The van der Waals surface area contributed by atoms with Crippen molar-refractivity contribution in [3.05, 3.63) is 12.2 Å². The van der Waals surface area contributed by atoms with Crippen molar-refractivity contribution in [1.82, 2.24) is 0 Å². The van der Waals surface area contributed by atoms with E-state index in [2.05, 4.69) is 0 Å². The molecule has 0 bridgehead atoms. The lowest BCUT2D eigenvalue weighted by atomic mass is 10.2. The van der Waals surface area contributed by atoms with Gasteiger partial charge in [0.05, 0.1) is 0 Å². The highest BCUT2D eigenvalue weighted by atomic mass is 32.2. The molecule has 0 amide bonds. The molecule has 110 valence electrons. The second-order valence-corrected chi connectivity index (χ2v) is 9.25. The summed E-state index contributed by atoms with van der Waals surface area (Å²) in [5, 5.41) is 0. The van der Waals surface area contributed by atoms with Gasteiger partial charge in [-0.15, -0.1) is 11.8 Å². The number of carbonyl (C=O) groups is 1. The molecule has 1 rings (SSSR count). The fourth-order valence-electron chi connectivity index (χ4n) is 1.73. The van der Waals surface area contributed by atoms with E-state index < -0.39 is 23.7 Å². The SMILES string of the molecule is COP(=O)(OC)C1(C(=O)OC(C)(C)C)CC=CCS1. The number of carbonyl (C=O) groups excluding carboxylic acids is 1. The molecule has 0 fully saturated rings. The minimum absolute atomic E-state index is 0.269. The monoisotopic (exact) mass is 308 g/mol. The lowest BCUT2D eigenvalue weighted by molar-refractivity contribution is -0.155. The van der Waals surface area contributed by atoms with Gasteiger partial charge in [0.1, 0.15) is 5.60 Å². The molecule has 7 heteroatoms. The molecule has 19 heavy (non-hydrogen) atoms. The van der Waals surface area contributed by atoms with Gasteiger partial charge < -0.3 is 13.8 Å². The average Bonchev–Trinajstić information content (AvgIpc) is 2.36. The number of allylic oxidation sites excluding steroid dienone is 1. The number of ether oxygens (including phenoxy) is 1. The predicted octanol–water partition coefficient (Wildman–Crippen LogP) is 3.20. The summed E-state index contributed by atoms with van der Waals surface area (Å²) in [5.41, 5.74) is -0.655. The summed E-state index contributed by atoms with van der Waals surface area (Å²) in [4.78, 5) is 12.5. The Morgan fingerprint density at radius 3 is 2.21 bits per heavy atom. The second kappa shape index (κ2) is 6.00. The standard InChI is InChI=1S/C12H21O5PS/c1-11(2,3)17-10(13)12(8-6-7-9-19-12)18(14,15-4)16-5/h6-7H,8-9H2,1-5H3. The average molecular weight is 308 g/mol. The van der Waals surface area contributed by atoms with Crippen molar-refractivity contribution in [3.8, 4) is 0 Å². The van der Waals surface area contributed by atoms with Crippen LogP contribution in [0.3, 0.4) is 0 Å². The van der Waals surface area contributed by atoms with E-state index in [0.29, 0.717) is 5.75 Å². The molecule has 1 unspecified atom stereocenters. The van der Waals surface area contributed by atoms with Crippen molar-refractivity contribution in [3.63, 3.8) is 0 Å². The van der Waals surface area contributed by atoms with Crippen molar-refractivity contribution in [1.29, 1.82) is 0 Å². The third-order valence-electron chi connectivity index (χ3n) is 2.62. The van der Waals surface area contributed by atoms with E-state index in [1.54, 1.807) is 20.8 Å². The van der Waals surface area contributed by atoms with E-state index in [9.17, 15) is 9.36 Å². The maximum absolute atomic E-state index is 12.8. The smallest absolute Gasteiger partial charge is 0.357 e. The number of rotatable bonds is 4. The van der Waals surface area contributed by atoms with Crippen LogP contribution in [0.1, 0.15) is 27.2 Å². The zero-order valence-corrected chi connectivity index (χ0v) is 13.7. The van der Waals surface area contributed by atoms with Crippen LogP contribution in [-0.2, 0) is 23.1 Å². The molecule has 0 aromatic carbocycles. The predicted molar refractivity (Wildman–Crippen MR) is 76.4 cm³/mol. The number of esters is 1. The van der Waals surface area contributed by atoms with E-state index in [1.807, 2.05) is 12.2 Å². The van der Waals surface area contributed by atoms with E-state index in [0.717, 1.165) is 0 Å². The summed E-state index contributed by atoms with van der Waals surface area (Å²) in [6.07, 6.45) is 4.00. The Bertz CT molecular complexity index is 407. The molecule has 0 radical (unpaired) electrons. The third-order valence-corrected chi connectivity index (χ3v) is 7.06. The van der Waals surface area contributed by atoms with Crippen LogP contribution in [-0.4, -0.2) is 36.0 Å². The highest BCUT2D eigenvalue weighted by Crippen LogP contribution is 2.67. The van der Waals surface area contributed by atoms with Crippen molar-refractivity contribution in [2.24, 2.45) is 0 Å². The maximum atomic E-state index is 12.8. The summed E-state index contributed by atoms with van der Waals surface area (Å²) in [7, 11) is -1.02. The number of thioether (sulfide) groups is 1. The van der Waals surface area contributed by atoms with Gasteiger partial charge in [-0.1, -0.05) is 12.2 Å². The van der Waals surface area contributed by atoms with Crippen LogP contribution in [0.25, 0.3) is 0 Å². The molecule has 1 aliphatic heterocycles. The van der Waals surface area contributed by atoms with Crippen LogP contribution in [0.4, 0.5) is 0 Å². The maximum Gasteiger partial charge on any atom is 0.357 e. The van der Waals surface area contributed by atoms with Crippen LogP contribution >= 0.6 is 19.4 Å². The van der Waals surface area contributed by atoms with Crippen LogP contribution in [0.15, 0.2) is 12.2 Å². The first-order valence-corrected chi connectivity index (χ1v) is 8.47. The van der Waals surface area contributed by atoms with Crippen LogP contribution in [0.5, 0.6) is 0 Å². The molecule has 0 aliphatic carbocycles. The molecule has 1 atom stereocenters. The van der Waals surface area contributed by atoms with Gasteiger partial charge in [0.2, 0.25) is 4.49 Å². The summed E-state index contributed by atoms with van der Waals surface area (Å²) in [6.45, 7) is 5.31. The molecule has 1 heterocycles. The van der Waals surface area contributed by atoms with Crippen LogP contribution in [0, 0.1) is 0 Å². The molecule has 0 saturated carbocycles. The van der Waals surface area contributed by atoms with Crippen molar-refractivity contribution < 1.29 is 23.1 Å². The van der Waals surface area contributed by atoms with Gasteiger partial charge in [-0.25, -0.2) is 4.79 Å². The molecule has 0 saturated heterocycles. The van der Waals surface area contributed by atoms with Crippen LogP contribution < -0.4 is 0 Å². The quantitative estimate of drug-likeness (QED) is 0.451. The fourth-order valence-corrected chi connectivity index (χ4v) is 5.25. The molecule has 1 aliphatic rings. The highest BCUT2D eigenvalue weighted by Gasteiger charge is 2.58. The van der Waals surface area contributed by atoms with Gasteiger partial charge in [-0.2, -0.15) is 0 Å². The minimum atomic E-state index is -3.59. The zero-order chi connectivity index (χ0) is 14.7. The summed E-state index contributed by atoms with van der Waals surface area (Å²) in [6, 6.07) is 0. The van der Waals surface area contributed by atoms with Gasteiger partial charge >= 0.3 is 13.6 Å². The minimum Gasteiger partial charge on any atom is -0.458 e. The van der Waals surface area contributed by atoms with Gasteiger partial charge in [0.25, 0.3) is 0 Å². The molecule has 0 aromatic heterocycles. The lowest BCUT2D eigenvalue weighted by Crippen LogP contribution is -2.42. The Balaban J connectivity index is 3.18. The van der Waals surface area contributed by atoms with Gasteiger partial charge in [0, 0.05) is 26.4 Å². The Hall–Kier alpha value is -0.290. The number of hydrogen-bond acceptors (Lipinski definition) is 6. The van der Waals surface area contributed by atoms with Crippen molar-refractivity contribution in [2.75, 3.05) is 20.0 Å². The molecular formula is C12H21O5PS. The first kappa shape index (κ1) is 16.8. The summed E-state index contributed by atoms with van der Waals surface area (Å²) >= 11 is 1.24. The summed E-state index contributed by atoms with van der Waals surface area (Å²) < 4.78 is 26.9. The Kier molecular flexibility index (Phi) is 5.29. The van der Waals surface area contributed by atoms with E-state index in [4.69, 9.17) is 13.8 Å². The fraction of sp³-hybridized carbons (Fsp3) is 0.750. The Morgan fingerprint density at radius 2 is 1.84 bits per heavy atom. The van der Waals surface area contributed by atoms with E-state index >= 15 is 0 Å². The second-order valence-electron chi connectivity index (χ2n) is 5.14. The Labute approximate surface area is 118 Å². The van der Waals surface area contributed by atoms with Crippen LogP contribution in [0.2, 0.25) is 0 Å². The highest BCUT2D eigenvalue weighted by molar-refractivity contribution is 8.07. The van der Waals surface area contributed by atoms with E-state index in [-0.39, 0.29) is 6.42 Å². The summed E-state index contributed by atoms with van der Waals surface area (Å²) in [5.74, 6) is 0.0112. The normalized spacial score (nSPS) is 24.3. The van der Waals surface area contributed by atoms with E-state index in [1.165, 1.54) is 26.0 Å². The van der Waals surface area contributed by atoms with Gasteiger partial charge in [-0.3, -0.25) is 4.57 Å². The van der Waals surface area contributed by atoms with Gasteiger partial charge in [-0.05, 0) is 20.8 Å². The first-order valence-electron chi connectivity index (χ1n) is 5.95. The van der Waals surface area contributed by atoms with Crippen molar-refractivity contribution in [2.45, 2.75) is 37.3 Å². The topological polar surface area (TPSA) is 61.8 Å². The molecule has 5 nitrogen and oxygen atoms in total. The number of hydrogen-bond donors (Lipinski definition) is 0. The molecule has 0 aromatic rings. The molecule has 0 spiro atoms. The van der Waals surface area contributed by atoms with Crippen molar-refractivity contribution >= 4 is 25.3 Å². The third kappa shape index (κ3) is 3.43.